The van der Waals surface area contributed by atoms with E-state index in [1.807, 2.05) is 23.1 Å². The molecule has 0 unspecified atom stereocenters. The second-order valence-corrected chi connectivity index (χ2v) is 7.79. The maximum absolute atomic E-state index is 12.5. The van der Waals surface area contributed by atoms with Gasteiger partial charge < -0.3 is 20.3 Å². The van der Waals surface area contributed by atoms with Gasteiger partial charge in [-0.05, 0) is 49.2 Å². The van der Waals surface area contributed by atoms with Crippen LogP contribution >= 0.6 is 0 Å². The van der Waals surface area contributed by atoms with Gasteiger partial charge in [-0.2, -0.15) is 0 Å². The van der Waals surface area contributed by atoms with E-state index in [1.165, 1.54) is 12.4 Å². The lowest BCUT2D eigenvalue weighted by Crippen LogP contribution is -2.30. The molecule has 1 saturated heterocycles. The summed E-state index contributed by atoms with van der Waals surface area (Å²) in [5.41, 5.74) is 1.30. The minimum absolute atomic E-state index is 0.144. The summed E-state index contributed by atoms with van der Waals surface area (Å²) in [7, 11) is 0. The Hall–Kier alpha value is -4.27. The standard InChI is InChI=1S/C25H25N5O4/c31-22-8-4-14-30(22)15-5-13-26-23(32)18-9-11-20(12-10-18)29-24(33)19-16-27-25(28-17-19)34-21-6-2-1-3-7-21/h1-3,6-7,9-12,16-17H,4-5,8,13-15H2,(H,26,32)(H,29,33). The number of aromatic nitrogens is 2. The van der Waals surface area contributed by atoms with Gasteiger partial charge >= 0.3 is 6.01 Å². The lowest BCUT2D eigenvalue weighted by atomic mass is 10.2. The highest BCUT2D eigenvalue weighted by Crippen LogP contribution is 2.17. The van der Waals surface area contributed by atoms with E-state index in [0.29, 0.717) is 42.9 Å². The van der Waals surface area contributed by atoms with Crippen molar-refractivity contribution >= 4 is 23.4 Å². The fourth-order valence-electron chi connectivity index (χ4n) is 3.50. The fourth-order valence-corrected chi connectivity index (χ4v) is 3.50. The predicted molar refractivity (Wildman–Crippen MR) is 126 cm³/mol. The lowest BCUT2D eigenvalue weighted by molar-refractivity contribution is -0.127. The number of ether oxygens (including phenoxy) is 1. The Morgan fingerprint density at radius 2 is 1.68 bits per heavy atom. The molecule has 9 heteroatoms. The number of amides is 3. The highest BCUT2D eigenvalue weighted by Gasteiger charge is 2.19. The van der Waals surface area contributed by atoms with Crippen molar-refractivity contribution in [1.29, 1.82) is 0 Å². The third kappa shape index (κ3) is 6.16. The summed E-state index contributed by atoms with van der Waals surface area (Å²) < 4.78 is 5.52. The SMILES string of the molecule is O=C(NCCCN1CCCC1=O)c1ccc(NC(=O)c2cnc(Oc3ccccc3)nc2)cc1. The largest absolute Gasteiger partial charge is 0.424 e. The Bertz CT molecular complexity index is 1130. The van der Waals surface area contributed by atoms with Crippen molar-refractivity contribution in [2.45, 2.75) is 19.3 Å². The van der Waals surface area contributed by atoms with Crippen LogP contribution in [-0.4, -0.2) is 52.2 Å². The molecule has 4 rings (SSSR count). The van der Waals surface area contributed by atoms with Crippen molar-refractivity contribution in [3.05, 3.63) is 78.1 Å². The summed E-state index contributed by atoms with van der Waals surface area (Å²) in [5.74, 6) is 0.213. The number of likely N-dealkylation sites (tertiary alicyclic amines) is 1. The minimum Gasteiger partial charge on any atom is -0.424 e. The summed E-state index contributed by atoms with van der Waals surface area (Å²) in [6, 6.07) is 15.9. The topological polar surface area (TPSA) is 114 Å². The third-order valence-corrected chi connectivity index (χ3v) is 5.31. The van der Waals surface area contributed by atoms with Crippen LogP contribution in [0.4, 0.5) is 5.69 Å². The van der Waals surface area contributed by atoms with Crippen molar-refractivity contribution in [1.82, 2.24) is 20.2 Å². The van der Waals surface area contributed by atoms with Crippen LogP contribution in [0.5, 0.6) is 11.8 Å². The number of rotatable bonds is 9. The summed E-state index contributed by atoms with van der Waals surface area (Å²) in [6.07, 6.45) is 5.02. The molecule has 0 aliphatic carbocycles. The monoisotopic (exact) mass is 459 g/mol. The van der Waals surface area contributed by atoms with Crippen LogP contribution in [0.2, 0.25) is 0 Å². The van der Waals surface area contributed by atoms with Crippen LogP contribution in [0.25, 0.3) is 0 Å². The zero-order valence-corrected chi connectivity index (χ0v) is 18.6. The number of nitrogens with zero attached hydrogens (tertiary/aromatic N) is 3. The van der Waals surface area contributed by atoms with Crippen molar-refractivity contribution in [2.75, 3.05) is 25.0 Å². The van der Waals surface area contributed by atoms with Crippen LogP contribution < -0.4 is 15.4 Å². The average Bonchev–Trinajstić information content (AvgIpc) is 3.27. The maximum atomic E-state index is 12.5. The molecular weight excluding hydrogens is 434 g/mol. The molecule has 174 valence electrons. The van der Waals surface area contributed by atoms with Crippen LogP contribution in [0.15, 0.2) is 67.0 Å². The van der Waals surface area contributed by atoms with E-state index in [9.17, 15) is 14.4 Å². The molecular formula is C25H25N5O4. The number of carbonyl (C=O) groups is 3. The molecule has 2 N–H and O–H groups in total. The van der Waals surface area contributed by atoms with E-state index < -0.39 is 0 Å². The van der Waals surface area contributed by atoms with E-state index in [1.54, 1.807) is 36.4 Å². The Morgan fingerprint density at radius 1 is 0.941 bits per heavy atom. The molecule has 2 heterocycles. The van der Waals surface area contributed by atoms with E-state index in [2.05, 4.69) is 20.6 Å². The first-order chi connectivity index (χ1) is 16.6. The number of para-hydroxylation sites is 1. The van der Waals surface area contributed by atoms with Crippen LogP contribution in [0, 0.1) is 0 Å². The zero-order valence-electron chi connectivity index (χ0n) is 18.6. The summed E-state index contributed by atoms with van der Waals surface area (Å²) >= 11 is 0. The van der Waals surface area contributed by atoms with E-state index in [0.717, 1.165) is 13.0 Å². The molecule has 3 amide bonds. The number of benzene rings is 2. The molecule has 0 radical (unpaired) electrons. The Balaban J connectivity index is 1.23. The molecule has 0 saturated carbocycles. The molecule has 0 atom stereocenters. The number of anilines is 1. The highest BCUT2D eigenvalue weighted by molar-refractivity contribution is 6.04. The Labute approximate surface area is 197 Å². The molecule has 1 fully saturated rings. The third-order valence-electron chi connectivity index (χ3n) is 5.31. The van der Waals surface area contributed by atoms with Gasteiger partial charge in [-0.3, -0.25) is 14.4 Å². The van der Waals surface area contributed by atoms with Gasteiger partial charge in [-0.25, -0.2) is 9.97 Å². The zero-order chi connectivity index (χ0) is 23.8. The van der Waals surface area contributed by atoms with Gasteiger partial charge in [0.25, 0.3) is 11.8 Å². The van der Waals surface area contributed by atoms with Crippen molar-refractivity contribution in [3.8, 4) is 11.8 Å². The number of hydrogen-bond acceptors (Lipinski definition) is 6. The number of carbonyl (C=O) groups excluding carboxylic acids is 3. The second-order valence-electron chi connectivity index (χ2n) is 7.79. The van der Waals surface area contributed by atoms with E-state index in [4.69, 9.17) is 4.74 Å². The first kappa shape index (κ1) is 22.9. The molecule has 1 aliphatic heterocycles. The molecule has 34 heavy (non-hydrogen) atoms. The van der Waals surface area contributed by atoms with Gasteiger partial charge in [0.05, 0.1) is 5.56 Å². The van der Waals surface area contributed by atoms with Gasteiger partial charge in [-0.1, -0.05) is 18.2 Å². The number of hydrogen-bond donors (Lipinski definition) is 2. The first-order valence-corrected chi connectivity index (χ1v) is 11.1. The smallest absolute Gasteiger partial charge is 0.321 e. The van der Waals surface area contributed by atoms with E-state index in [-0.39, 0.29) is 29.3 Å². The van der Waals surface area contributed by atoms with Crippen LogP contribution in [0.3, 0.4) is 0 Å². The Kier molecular flexibility index (Phi) is 7.44. The average molecular weight is 460 g/mol. The number of nitrogens with one attached hydrogen (secondary N) is 2. The van der Waals surface area contributed by atoms with Crippen LogP contribution in [0.1, 0.15) is 40.0 Å². The van der Waals surface area contributed by atoms with Gasteiger partial charge in [-0.15, -0.1) is 0 Å². The van der Waals surface area contributed by atoms with Gasteiger partial charge in [0.15, 0.2) is 0 Å². The van der Waals surface area contributed by atoms with Crippen LogP contribution in [-0.2, 0) is 4.79 Å². The normalized spacial score (nSPS) is 12.9. The quantitative estimate of drug-likeness (QED) is 0.475. The van der Waals surface area contributed by atoms with Crippen molar-refractivity contribution < 1.29 is 19.1 Å². The highest BCUT2D eigenvalue weighted by atomic mass is 16.5. The summed E-state index contributed by atoms with van der Waals surface area (Å²) in [6.45, 7) is 1.95. The lowest BCUT2D eigenvalue weighted by Gasteiger charge is -2.15. The molecule has 9 nitrogen and oxygen atoms in total. The molecule has 0 bridgehead atoms. The molecule has 3 aromatic rings. The molecule has 0 spiro atoms. The minimum atomic E-state index is -0.375. The van der Waals surface area contributed by atoms with Gasteiger partial charge in [0, 0.05) is 49.7 Å². The predicted octanol–water partition coefficient (Wildman–Crippen LogP) is 3.26. The van der Waals surface area contributed by atoms with Gasteiger partial charge in [0.2, 0.25) is 5.91 Å². The molecule has 1 aliphatic rings. The summed E-state index contributed by atoms with van der Waals surface area (Å²) in [5, 5.41) is 5.61. The molecule has 1 aromatic heterocycles. The van der Waals surface area contributed by atoms with Crippen molar-refractivity contribution in [2.24, 2.45) is 0 Å². The fraction of sp³-hybridized carbons (Fsp3) is 0.240. The van der Waals surface area contributed by atoms with E-state index >= 15 is 0 Å². The first-order valence-electron chi connectivity index (χ1n) is 11.1. The Morgan fingerprint density at radius 3 is 2.35 bits per heavy atom. The summed E-state index contributed by atoms with van der Waals surface area (Å²) in [4.78, 5) is 46.4. The second kappa shape index (κ2) is 11.0. The van der Waals surface area contributed by atoms with Gasteiger partial charge in [0.1, 0.15) is 5.75 Å². The maximum Gasteiger partial charge on any atom is 0.321 e. The molecule has 2 aromatic carbocycles. The van der Waals surface area contributed by atoms with Crippen molar-refractivity contribution in [3.63, 3.8) is 0 Å².